The Morgan fingerprint density at radius 3 is 2.92 bits per heavy atom. The number of rotatable bonds is 5. The molecule has 0 aliphatic heterocycles. The van der Waals surface area contributed by atoms with Crippen molar-refractivity contribution in [2.75, 3.05) is 7.11 Å². The summed E-state index contributed by atoms with van der Waals surface area (Å²) in [4.78, 5) is 16.5. The Morgan fingerprint density at radius 2 is 2.12 bits per heavy atom. The number of hydrogen-bond acceptors (Lipinski definition) is 3. The maximum absolute atomic E-state index is 12.0. The molecule has 0 aliphatic rings. The highest BCUT2D eigenvalue weighted by molar-refractivity contribution is 5.92. The summed E-state index contributed by atoms with van der Waals surface area (Å²) >= 11 is 0. The molecular formula is C19H19N3O2. The van der Waals surface area contributed by atoms with Crippen molar-refractivity contribution < 1.29 is 9.53 Å². The number of aromatic nitrogens is 2. The largest absolute Gasteiger partial charge is 0.496 e. The molecule has 3 aromatic rings. The fourth-order valence-electron chi connectivity index (χ4n) is 2.50. The third-order valence-electron chi connectivity index (χ3n) is 3.72. The molecule has 1 amide bonds. The van der Waals surface area contributed by atoms with Gasteiger partial charge in [-0.2, -0.15) is 0 Å². The van der Waals surface area contributed by atoms with Gasteiger partial charge < -0.3 is 14.5 Å². The van der Waals surface area contributed by atoms with E-state index in [9.17, 15) is 4.79 Å². The molecule has 2 aromatic heterocycles. The number of carbonyl (C=O) groups excluding carboxylic acids is 1. The van der Waals surface area contributed by atoms with Crippen LogP contribution in [-0.4, -0.2) is 22.4 Å². The number of hydrogen-bond donors (Lipinski definition) is 1. The molecule has 0 saturated heterocycles. The SMILES string of the molecule is COc1ccccc1/C=C/C(=O)NCc1cn2cccc(C)c2n1. The molecule has 0 radical (unpaired) electrons. The van der Waals surface area contributed by atoms with Crippen molar-refractivity contribution >= 4 is 17.6 Å². The van der Waals surface area contributed by atoms with Crippen LogP contribution < -0.4 is 10.1 Å². The van der Waals surface area contributed by atoms with Crippen LogP contribution in [0.4, 0.5) is 0 Å². The van der Waals surface area contributed by atoms with Gasteiger partial charge in [-0.1, -0.05) is 24.3 Å². The minimum absolute atomic E-state index is 0.172. The summed E-state index contributed by atoms with van der Waals surface area (Å²) in [7, 11) is 1.61. The predicted molar refractivity (Wildman–Crippen MR) is 93.8 cm³/mol. The molecule has 2 heterocycles. The number of nitrogens with one attached hydrogen (secondary N) is 1. The number of amides is 1. The van der Waals surface area contributed by atoms with Crippen LogP contribution in [0.3, 0.4) is 0 Å². The molecule has 0 spiro atoms. The number of fused-ring (bicyclic) bond motifs is 1. The van der Waals surface area contributed by atoms with Crippen LogP contribution >= 0.6 is 0 Å². The van der Waals surface area contributed by atoms with E-state index in [0.29, 0.717) is 6.54 Å². The molecule has 24 heavy (non-hydrogen) atoms. The van der Waals surface area contributed by atoms with E-state index in [1.807, 2.05) is 60.1 Å². The summed E-state index contributed by atoms with van der Waals surface area (Å²) in [6.45, 7) is 2.40. The van der Waals surface area contributed by atoms with Gasteiger partial charge in [0.05, 0.1) is 19.3 Å². The summed E-state index contributed by atoms with van der Waals surface area (Å²) in [5.41, 5.74) is 3.69. The van der Waals surface area contributed by atoms with E-state index in [1.165, 1.54) is 6.08 Å². The van der Waals surface area contributed by atoms with Crippen LogP contribution in [0.2, 0.25) is 0 Å². The first-order valence-electron chi connectivity index (χ1n) is 7.69. The zero-order valence-electron chi connectivity index (χ0n) is 13.7. The minimum Gasteiger partial charge on any atom is -0.496 e. The van der Waals surface area contributed by atoms with Gasteiger partial charge in [-0.25, -0.2) is 4.98 Å². The lowest BCUT2D eigenvalue weighted by Crippen LogP contribution is -2.20. The standard InChI is InChI=1S/C19H19N3O2/c1-14-6-5-11-22-13-16(21-19(14)22)12-20-18(23)10-9-15-7-3-4-8-17(15)24-2/h3-11,13H,12H2,1-2H3,(H,20,23)/b10-9+. The molecule has 0 saturated carbocycles. The van der Waals surface area contributed by atoms with Gasteiger partial charge in [0.2, 0.25) is 5.91 Å². The topological polar surface area (TPSA) is 55.6 Å². The summed E-state index contributed by atoms with van der Waals surface area (Å²) in [6, 6.07) is 11.5. The third-order valence-corrected chi connectivity index (χ3v) is 3.72. The highest BCUT2D eigenvalue weighted by Gasteiger charge is 2.05. The molecular weight excluding hydrogens is 302 g/mol. The van der Waals surface area contributed by atoms with E-state index in [-0.39, 0.29) is 5.91 Å². The second-order valence-corrected chi connectivity index (χ2v) is 5.45. The molecule has 5 heteroatoms. The van der Waals surface area contributed by atoms with Gasteiger partial charge in [-0.05, 0) is 30.7 Å². The third kappa shape index (κ3) is 3.46. The smallest absolute Gasteiger partial charge is 0.244 e. The van der Waals surface area contributed by atoms with Crippen LogP contribution in [0.5, 0.6) is 5.75 Å². The molecule has 122 valence electrons. The summed E-state index contributed by atoms with van der Waals surface area (Å²) in [5, 5.41) is 2.84. The van der Waals surface area contributed by atoms with Gasteiger partial charge in [0.15, 0.2) is 0 Å². The van der Waals surface area contributed by atoms with Crippen LogP contribution in [0.1, 0.15) is 16.8 Å². The first-order chi connectivity index (χ1) is 11.7. The number of para-hydroxylation sites is 1. The number of aryl methyl sites for hydroxylation is 1. The molecule has 5 nitrogen and oxygen atoms in total. The Morgan fingerprint density at radius 1 is 1.29 bits per heavy atom. The lowest BCUT2D eigenvalue weighted by molar-refractivity contribution is -0.116. The normalized spacial score (nSPS) is 11.1. The number of nitrogens with zero attached hydrogens (tertiary/aromatic N) is 2. The highest BCUT2D eigenvalue weighted by atomic mass is 16.5. The van der Waals surface area contributed by atoms with E-state index >= 15 is 0 Å². The molecule has 0 bridgehead atoms. The van der Waals surface area contributed by atoms with Crippen LogP contribution in [0.25, 0.3) is 11.7 Å². The second-order valence-electron chi connectivity index (χ2n) is 5.45. The molecule has 0 aliphatic carbocycles. The molecule has 0 fully saturated rings. The zero-order chi connectivity index (χ0) is 16.9. The fraction of sp³-hybridized carbons (Fsp3) is 0.158. The van der Waals surface area contributed by atoms with Crippen molar-refractivity contribution in [3.8, 4) is 5.75 Å². The van der Waals surface area contributed by atoms with Crippen molar-refractivity contribution in [3.05, 3.63) is 71.7 Å². The number of imidazole rings is 1. The van der Waals surface area contributed by atoms with Gasteiger partial charge in [-0.15, -0.1) is 0 Å². The molecule has 1 aromatic carbocycles. The maximum atomic E-state index is 12.0. The summed E-state index contributed by atoms with van der Waals surface area (Å²) in [6.07, 6.45) is 7.11. The van der Waals surface area contributed by atoms with E-state index in [0.717, 1.165) is 28.2 Å². The predicted octanol–water partition coefficient (Wildman–Crippen LogP) is 2.98. The summed E-state index contributed by atoms with van der Waals surface area (Å²) in [5.74, 6) is 0.562. The number of ether oxygens (including phenoxy) is 1. The Balaban J connectivity index is 1.64. The lowest BCUT2D eigenvalue weighted by Gasteiger charge is -2.03. The van der Waals surface area contributed by atoms with Crippen molar-refractivity contribution in [3.63, 3.8) is 0 Å². The van der Waals surface area contributed by atoms with Gasteiger partial charge in [0, 0.05) is 24.0 Å². The molecule has 0 atom stereocenters. The van der Waals surface area contributed by atoms with Gasteiger partial charge >= 0.3 is 0 Å². The first-order valence-corrected chi connectivity index (χ1v) is 7.69. The molecule has 3 rings (SSSR count). The molecule has 0 unspecified atom stereocenters. The van der Waals surface area contributed by atoms with E-state index in [1.54, 1.807) is 13.2 Å². The number of carbonyl (C=O) groups is 1. The zero-order valence-corrected chi connectivity index (χ0v) is 13.7. The summed E-state index contributed by atoms with van der Waals surface area (Å²) < 4.78 is 7.22. The number of benzene rings is 1. The Kier molecular flexibility index (Phi) is 4.61. The average molecular weight is 321 g/mol. The van der Waals surface area contributed by atoms with E-state index in [2.05, 4.69) is 10.3 Å². The van der Waals surface area contributed by atoms with Crippen molar-refractivity contribution in [1.29, 1.82) is 0 Å². The monoisotopic (exact) mass is 321 g/mol. The van der Waals surface area contributed by atoms with Gasteiger partial charge in [0.25, 0.3) is 0 Å². The van der Waals surface area contributed by atoms with Crippen LogP contribution in [0.15, 0.2) is 54.9 Å². The van der Waals surface area contributed by atoms with Crippen LogP contribution in [-0.2, 0) is 11.3 Å². The van der Waals surface area contributed by atoms with Crippen molar-refractivity contribution in [2.45, 2.75) is 13.5 Å². The quantitative estimate of drug-likeness (QED) is 0.735. The number of methoxy groups -OCH3 is 1. The van der Waals surface area contributed by atoms with Gasteiger partial charge in [-0.3, -0.25) is 4.79 Å². The lowest BCUT2D eigenvalue weighted by atomic mass is 10.2. The average Bonchev–Trinajstić information content (AvgIpc) is 3.03. The maximum Gasteiger partial charge on any atom is 0.244 e. The van der Waals surface area contributed by atoms with E-state index < -0.39 is 0 Å². The van der Waals surface area contributed by atoms with Crippen LogP contribution in [0, 0.1) is 6.92 Å². The second kappa shape index (κ2) is 7.00. The molecule has 1 N–H and O–H groups in total. The number of pyridine rings is 1. The highest BCUT2D eigenvalue weighted by Crippen LogP contribution is 2.18. The van der Waals surface area contributed by atoms with Crippen molar-refractivity contribution in [1.82, 2.24) is 14.7 Å². The first kappa shape index (κ1) is 15.8. The Labute approximate surface area is 140 Å². The Hall–Kier alpha value is -3.08. The van der Waals surface area contributed by atoms with Gasteiger partial charge in [0.1, 0.15) is 11.4 Å². The fourth-order valence-corrected chi connectivity index (χ4v) is 2.50. The Bertz CT molecular complexity index is 897. The minimum atomic E-state index is -0.172. The van der Waals surface area contributed by atoms with Crippen molar-refractivity contribution in [2.24, 2.45) is 0 Å². The van der Waals surface area contributed by atoms with E-state index in [4.69, 9.17) is 4.74 Å².